The van der Waals surface area contributed by atoms with E-state index < -0.39 is 0 Å². The van der Waals surface area contributed by atoms with Gasteiger partial charge >= 0.3 is 0 Å². The smallest absolute Gasteiger partial charge is 0.266 e. The van der Waals surface area contributed by atoms with Crippen molar-refractivity contribution in [3.63, 3.8) is 0 Å². The summed E-state index contributed by atoms with van der Waals surface area (Å²) in [5.41, 5.74) is 3.35. The molecule has 0 unspecified atom stereocenters. The van der Waals surface area contributed by atoms with Crippen molar-refractivity contribution in [3.8, 4) is 5.69 Å². The van der Waals surface area contributed by atoms with Crippen LogP contribution in [0.15, 0.2) is 52.4 Å². The third kappa shape index (κ3) is 4.43. The van der Waals surface area contributed by atoms with Gasteiger partial charge in [0, 0.05) is 13.7 Å². The molecule has 1 amide bonds. The van der Waals surface area contributed by atoms with E-state index in [0.717, 1.165) is 16.8 Å². The number of carbonyl (C=O) groups excluding carboxylic acids is 1. The topological polar surface area (TPSA) is 73.2 Å². The molecule has 0 spiro atoms. The third-order valence-electron chi connectivity index (χ3n) is 4.30. The molecule has 3 aromatic rings. The Morgan fingerprint density at radius 3 is 2.75 bits per heavy atom. The van der Waals surface area contributed by atoms with E-state index in [1.54, 1.807) is 17.7 Å². The molecule has 0 fully saturated rings. The van der Waals surface area contributed by atoms with Crippen LogP contribution in [0.1, 0.15) is 11.1 Å². The Bertz CT molecular complexity index is 1060. The van der Waals surface area contributed by atoms with Crippen LogP contribution >= 0.6 is 11.8 Å². The predicted octanol–water partition coefficient (Wildman–Crippen LogP) is 2.86. The number of nitrogens with zero attached hydrogens (tertiary/aromatic N) is 2. The van der Waals surface area contributed by atoms with Crippen LogP contribution < -0.4 is 10.9 Å². The maximum absolute atomic E-state index is 13.2. The van der Waals surface area contributed by atoms with E-state index in [4.69, 9.17) is 4.74 Å². The highest BCUT2D eigenvalue weighted by Gasteiger charge is 2.16. The summed E-state index contributed by atoms with van der Waals surface area (Å²) in [6.45, 7) is 4.89. The van der Waals surface area contributed by atoms with Gasteiger partial charge in [-0.25, -0.2) is 4.98 Å². The Morgan fingerprint density at radius 1 is 1.21 bits per heavy atom. The molecule has 1 aromatic heterocycles. The highest BCUT2D eigenvalue weighted by atomic mass is 32.2. The van der Waals surface area contributed by atoms with Crippen molar-refractivity contribution in [1.82, 2.24) is 14.9 Å². The molecule has 0 saturated carbocycles. The van der Waals surface area contributed by atoms with Crippen LogP contribution in [0.2, 0.25) is 0 Å². The summed E-state index contributed by atoms with van der Waals surface area (Å²) in [4.78, 5) is 30.0. The number of ether oxygens (including phenoxy) is 1. The van der Waals surface area contributed by atoms with Crippen molar-refractivity contribution in [3.05, 3.63) is 63.9 Å². The lowest BCUT2D eigenvalue weighted by molar-refractivity contribution is -0.118. The lowest BCUT2D eigenvalue weighted by atomic mass is 10.1. The summed E-state index contributed by atoms with van der Waals surface area (Å²) >= 11 is 1.25. The van der Waals surface area contributed by atoms with Crippen LogP contribution in [-0.4, -0.2) is 41.5 Å². The monoisotopic (exact) mass is 397 g/mol. The normalized spacial score (nSPS) is 11.0. The number of thioether (sulfide) groups is 1. The maximum atomic E-state index is 13.2. The van der Waals surface area contributed by atoms with Gasteiger partial charge in [-0.05, 0) is 37.6 Å². The molecular formula is C21H23N3O3S. The van der Waals surface area contributed by atoms with E-state index in [1.165, 1.54) is 11.8 Å². The third-order valence-corrected chi connectivity index (χ3v) is 5.24. The number of fused-ring (bicyclic) bond motifs is 1. The summed E-state index contributed by atoms with van der Waals surface area (Å²) in [7, 11) is 1.59. The van der Waals surface area contributed by atoms with Gasteiger partial charge in [0.1, 0.15) is 0 Å². The number of benzene rings is 2. The van der Waals surface area contributed by atoms with Gasteiger partial charge in [-0.1, -0.05) is 41.6 Å². The van der Waals surface area contributed by atoms with Gasteiger partial charge in [-0.2, -0.15) is 0 Å². The van der Waals surface area contributed by atoms with E-state index >= 15 is 0 Å². The quantitative estimate of drug-likeness (QED) is 0.377. The van der Waals surface area contributed by atoms with Crippen LogP contribution in [0.3, 0.4) is 0 Å². The molecule has 3 rings (SSSR count). The molecule has 2 aromatic carbocycles. The molecule has 1 heterocycles. The molecule has 6 nitrogen and oxygen atoms in total. The largest absolute Gasteiger partial charge is 0.383 e. The molecule has 0 bridgehead atoms. The Kier molecular flexibility index (Phi) is 6.49. The predicted molar refractivity (Wildman–Crippen MR) is 112 cm³/mol. The van der Waals surface area contributed by atoms with Gasteiger partial charge in [-0.3, -0.25) is 14.2 Å². The Hall–Kier alpha value is -2.64. The Morgan fingerprint density at radius 2 is 2.00 bits per heavy atom. The van der Waals surface area contributed by atoms with Crippen molar-refractivity contribution in [2.24, 2.45) is 0 Å². The van der Waals surface area contributed by atoms with Gasteiger partial charge in [0.2, 0.25) is 5.91 Å². The van der Waals surface area contributed by atoms with Crippen LogP contribution in [0, 0.1) is 13.8 Å². The summed E-state index contributed by atoms with van der Waals surface area (Å²) in [6.07, 6.45) is 0. The van der Waals surface area contributed by atoms with Crippen LogP contribution in [0.5, 0.6) is 0 Å². The number of nitrogens with one attached hydrogen (secondary N) is 1. The van der Waals surface area contributed by atoms with Gasteiger partial charge in [0.15, 0.2) is 5.16 Å². The van der Waals surface area contributed by atoms with Gasteiger partial charge in [-0.15, -0.1) is 0 Å². The molecule has 7 heteroatoms. The lowest BCUT2D eigenvalue weighted by Crippen LogP contribution is -2.29. The van der Waals surface area contributed by atoms with Gasteiger partial charge in [0.05, 0.1) is 29.0 Å². The number of amides is 1. The first-order valence-electron chi connectivity index (χ1n) is 8.99. The fraction of sp³-hybridized carbons (Fsp3) is 0.286. The molecule has 28 heavy (non-hydrogen) atoms. The van der Waals surface area contributed by atoms with Gasteiger partial charge < -0.3 is 10.1 Å². The highest BCUT2D eigenvalue weighted by Crippen LogP contribution is 2.23. The van der Waals surface area contributed by atoms with E-state index in [2.05, 4.69) is 10.3 Å². The van der Waals surface area contributed by atoms with Gasteiger partial charge in [0.25, 0.3) is 5.56 Å². The standard InChI is InChI=1S/C21H23N3O3S/c1-14-8-9-18(15(2)12-14)24-20(26)16-6-4-5-7-17(16)23-21(24)28-13-19(25)22-10-11-27-3/h4-9,12H,10-11,13H2,1-3H3,(H,22,25). The van der Waals surface area contributed by atoms with E-state index in [1.807, 2.05) is 50.2 Å². The number of methoxy groups -OCH3 is 1. The minimum absolute atomic E-state index is 0.128. The second-order valence-electron chi connectivity index (χ2n) is 6.47. The van der Waals surface area contributed by atoms with Crippen LogP contribution in [0.25, 0.3) is 16.6 Å². The van der Waals surface area contributed by atoms with Crippen LogP contribution in [-0.2, 0) is 9.53 Å². The number of hydrogen-bond donors (Lipinski definition) is 1. The number of aryl methyl sites for hydroxylation is 2. The second kappa shape index (κ2) is 9.03. The minimum Gasteiger partial charge on any atom is -0.383 e. The molecule has 1 N–H and O–H groups in total. The summed E-state index contributed by atoms with van der Waals surface area (Å²) < 4.78 is 6.54. The number of aromatic nitrogens is 2. The van der Waals surface area contributed by atoms with Crippen molar-refractivity contribution >= 4 is 28.6 Å². The van der Waals surface area contributed by atoms with Crippen LogP contribution in [0.4, 0.5) is 0 Å². The zero-order chi connectivity index (χ0) is 20.1. The summed E-state index contributed by atoms with van der Waals surface area (Å²) in [5.74, 6) is 0.0380. The fourth-order valence-corrected chi connectivity index (χ4v) is 3.79. The summed E-state index contributed by atoms with van der Waals surface area (Å²) in [6, 6.07) is 13.2. The van der Waals surface area contributed by atoms with E-state index in [9.17, 15) is 9.59 Å². The molecule has 0 saturated heterocycles. The Labute approximate surface area is 167 Å². The SMILES string of the molecule is COCCNC(=O)CSc1nc2ccccc2c(=O)n1-c1ccc(C)cc1C. The molecular weight excluding hydrogens is 374 g/mol. The average molecular weight is 398 g/mol. The van der Waals surface area contributed by atoms with Crippen molar-refractivity contribution < 1.29 is 9.53 Å². The number of carbonyl (C=O) groups is 1. The molecule has 146 valence electrons. The van der Waals surface area contributed by atoms with Crippen molar-refractivity contribution in [2.75, 3.05) is 26.0 Å². The first kappa shape index (κ1) is 20.1. The van der Waals surface area contributed by atoms with E-state index in [-0.39, 0.29) is 17.2 Å². The maximum Gasteiger partial charge on any atom is 0.266 e. The number of para-hydroxylation sites is 1. The first-order valence-corrected chi connectivity index (χ1v) is 9.97. The van der Waals surface area contributed by atoms with Crippen molar-refractivity contribution in [1.29, 1.82) is 0 Å². The zero-order valence-electron chi connectivity index (χ0n) is 16.2. The minimum atomic E-state index is -0.139. The van der Waals surface area contributed by atoms with Crippen molar-refractivity contribution in [2.45, 2.75) is 19.0 Å². The average Bonchev–Trinajstić information content (AvgIpc) is 2.68. The molecule has 0 radical (unpaired) electrons. The molecule has 0 aliphatic rings. The summed E-state index contributed by atoms with van der Waals surface area (Å²) in [5, 5.41) is 3.83. The van der Waals surface area contributed by atoms with E-state index in [0.29, 0.717) is 29.2 Å². The number of hydrogen-bond acceptors (Lipinski definition) is 5. The lowest BCUT2D eigenvalue weighted by Gasteiger charge is -2.15. The number of rotatable bonds is 7. The molecule has 0 aliphatic carbocycles. The second-order valence-corrected chi connectivity index (χ2v) is 7.42. The highest BCUT2D eigenvalue weighted by molar-refractivity contribution is 7.99. The zero-order valence-corrected chi connectivity index (χ0v) is 17.0. The Balaban J connectivity index is 2.02. The molecule has 0 aliphatic heterocycles. The molecule has 0 atom stereocenters. The first-order chi connectivity index (χ1) is 13.5. The fourth-order valence-electron chi connectivity index (χ4n) is 2.95.